The van der Waals surface area contributed by atoms with Gasteiger partial charge in [-0.3, -0.25) is 19.2 Å². The second kappa shape index (κ2) is 11.6. The van der Waals surface area contributed by atoms with Crippen LogP contribution in [-0.4, -0.2) is 84.8 Å². The fourth-order valence-electron chi connectivity index (χ4n) is 4.58. The normalized spacial score (nSPS) is 14.3. The van der Waals surface area contributed by atoms with Crippen LogP contribution in [-0.2, 0) is 11.3 Å². The van der Waals surface area contributed by atoms with Gasteiger partial charge >= 0.3 is 6.61 Å². The Kier molecular flexibility index (Phi) is 7.94. The van der Waals surface area contributed by atoms with Gasteiger partial charge < -0.3 is 15.0 Å². The molecule has 0 radical (unpaired) electrons. The van der Waals surface area contributed by atoms with Crippen LogP contribution >= 0.6 is 11.6 Å². The van der Waals surface area contributed by atoms with Crippen molar-refractivity contribution in [2.24, 2.45) is 0 Å². The number of benzene rings is 1. The van der Waals surface area contributed by atoms with Crippen LogP contribution in [0.3, 0.4) is 0 Å². The maximum absolute atomic E-state index is 13.3. The number of ether oxygens (including phenoxy) is 1. The van der Waals surface area contributed by atoms with Crippen molar-refractivity contribution >= 4 is 34.7 Å². The van der Waals surface area contributed by atoms with Crippen molar-refractivity contribution in [3.8, 4) is 17.0 Å². The van der Waals surface area contributed by atoms with Crippen LogP contribution in [0.4, 0.5) is 14.5 Å². The fraction of sp³-hybridized carbons (Fsp3) is 0.346. The van der Waals surface area contributed by atoms with Gasteiger partial charge in [-0.2, -0.15) is 19.0 Å². The molecule has 0 saturated carbocycles. The highest BCUT2D eigenvalue weighted by Crippen LogP contribution is 2.37. The van der Waals surface area contributed by atoms with Crippen molar-refractivity contribution in [2.75, 3.05) is 31.5 Å². The number of anilines is 1. The molecule has 1 N–H and O–H groups in total. The van der Waals surface area contributed by atoms with Gasteiger partial charge in [0.1, 0.15) is 23.6 Å². The van der Waals surface area contributed by atoms with E-state index in [0.717, 1.165) is 13.1 Å². The summed E-state index contributed by atoms with van der Waals surface area (Å²) in [6.45, 7) is 3.70. The van der Waals surface area contributed by atoms with E-state index in [1.165, 1.54) is 46.0 Å². The maximum atomic E-state index is 13.3. The summed E-state index contributed by atoms with van der Waals surface area (Å²) >= 11 is 6.19. The molecule has 14 heteroatoms. The second-order valence-electron chi connectivity index (χ2n) is 9.52. The van der Waals surface area contributed by atoms with Crippen LogP contribution < -0.4 is 10.1 Å². The molecule has 1 aliphatic rings. The first-order chi connectivity index (χ1) is 19.2. The molecule has 1 saturated heterocycles. The van der Waals surface area contributed by atoms with E-state index in [-0.39, 0.29) is 45.7 Å². The summed E-state index contributed by atoms with van der Waals surface area (Å²) in [4.78, 5) is 34.6. The van der Waals surface area contributed by atoms with Crippen molar-refractivity contribution in [2.45, 2.75) is 33.0 Å². The Bertz CT molecular complexity index is 1530. The van der Waals surface area contributed by atoms with Gasteiger partial charge in [-0.05, 0) is 38.1 Å². The van der Waals surface area contributed by atoms with Crippen LogP contribution in [0, 0.1) is 0 Å². The molecule has 3 aromatic heterocycles. The number of amides is 2. The van der Waals surface area contributed by atoms with Crippen molar-refractivity contribution in [3.63, 3.8) is 0 Å². The molecule has 40 heavy (non-hydrogen) atoms. The summed E-state index contributed by atoms with van der Waals surface area (Å²) in [5.74, 6) is -0.893. The van der Waals surface area contributed by atoms with Crippen molar-refractivity contribution in [1.82, 2.24) is 34.2 Å². The third-order valence-electron chi connectivity index (χ3n) is 6.64. The largest absolute Gasteiger partial charge is 0.434 e. The number of carbonyl (C=O) groups is 2. The summed E-state index contributed by atoms with van der Waals surface area (Å²) in [7, 11) is 0. The molecule has 1 aliphatic heterocycles. The number of carbonyl (C=O) groups excluding carboxylic acids is 2. The molecule has 4 aromatic rings. The van der Waals surface area contributed by atoms with Gasteiger partial charge in [-0.15, -0.1) is 0 Å². The second-order valence-corrected chi connectivity index (χ2v) is 9.96. The minimum atomic E-state index is -3.10. The summed E-state index contributed by atoms with van der Waals surface area (Å²) < 4.78 is 33.9. The predicted molar refractivity (Wildman–Crippen MR) is 144 cm³/mol. The molecule has 0 bridgehead atoms. The summed E-state index contributed by atoms with van der Waals surface area (Å²) in [5, 5.41) is 11.6. The fourth-order valence-corrected chi connectivity index (χ4v) is 4.75. The molecule has 11 nitrogen and oxygen atoms in total. The maximum Gasteiger partial charge on any atom is 0.387 e. The molecule has 2 amide bonds. The van der Waals surface area contributed by atoms with E-state index in [1.54, 1.807) is 17.2 Å². The lowest BCUT2D eigenvalue weighted by molar-refractivity contribution is -0.134. The number of hydrogen-bond donors (Lipinski definition) is 1. The van der Waals surface area contributed by atoms with Crippen molar-refractivity contribution in [3.05, 3.63) is 59.6 Å². The molecule has 5 rings (SSSR count). The topological polar surface area (TPSA) is 110 Å². The van der Waals surface area contributed by atoms with Gasteiger partial charge in [0.25, 0.3) is 5.91 Å². The lowest BCUT2D eigenvalue weighted by atomic mass is 10.1. The van der Waals surface area contributed by atoms with E-state index in [0.29, 0.717) is 24.8 Å². The van der Waals surface area contributed by atoms with Crippen LogP contribution in [0.25, 0.3) is 16.9 Å². The number of fused-ring (bicyclic) bond motifs is 1. The van der Waals surface area contributed by atoms with E-state index in [1.807, 2.05) is 0 Å². The van der Waals surface area contributed by atoms with Crippen LogP contribution in [0.15, 0.2) is 49.1 Å². The Balaban J connectivity index is 1.46. The summed E-state index contributed by atoms with van der Waals surface area (Å²) in [6.07, 6.45) is 6.02. The van der Waals surface area contributed by atoms with Crippen LogP contribution in [0.5, 0.6) is 5.75 Å². The summed E-state index contributed by atoms with van der Waals surface area (Å²) in [6, 6.07) is 6.17. The standard InChI is InChI=1S/C26H27ClF2N8O3/c1-16(2)34-8-10-35(11-9-34)22(38)15-36-14-20(32-25(39)19-13-31-37-7-3-6-30-24(19)37)23(33-36)18-12-17(27)4-5-21(18)40-26(28)29/h3-7,12-14,16,26H,8-11,15H2,1-2H3,(H,32,39). The first-order valence-electron chi connectivity index (χ1n) is 12.6. The SMILES string of the molecule is CC(C)N1CCN(C(=O)Cn2cc(NC(=O)c3cnn4cccnc34)c(-c3cc(Cl)ccc3OC(F)F)n2)CC1. The highest BCUT2D eigenvalue weighted by Gasteiger charge is 2.25. The molecule has 1 fully saturated rings. The number of piperazine rings is 1. The molecule has 0 atom stereocenters. The first kappa shape index (κ1) is 27.5. The Labute approximate surface area is 233 Å². The van der Waals surface area contributed by atoms with E-state index >= 15 is 0 Å². The number of aromatic nitrogens is 5. The molecular weight excluding hydrogens is 546 g/mol. The Hall–Kier alpha value is -4.10. The van der Waals surface area contributed by atoms with Gasteiger partial charge in [-0.25, -0.2) is 9.50 Å². The monoisotopic (exact) mass is 572 g/mol. The molecule has 0 unspecified atom stereocenters. The minimum Gasteiger partial charge on any atom is -0.434 e. The molecule has 0 spiro atoms. The number of nitrogens with zero attached hydrogens (tertiary/aromatic N) is 7. The number of halogens is 3. The minimum absolute atomic E-state index is 0.105. The van der Waals surface area contributed by atoms with Crippen LogP contribution in [0.1, 0.15) is 24.2 Å². The van der Waals surface area contributed by atoms with E-state index in [2.05, 4.69) is 39.2 Å². The van der Waals surface area contributed by atoms with E-state index in [9.17, 15) is 18.4 Å². The van der Waals surface area contributed by atoms with Gasteiger partial charge in [0.2, 0.25) is 5.91 Å². The van der Waals surface area contributed by atoms with Gasteiger partial charge in [0.05, 0.1) is 11.9 Å². The Morgan fingerprint density at radius 1 is 1.18 bits per heavy atom. The number of alkyl halides is 2. The van der Waals surface area contributed by atoms with Crippen molar-refractivity contribution < 1.29 is 23.1 Å². The third kappa shape index (κ3) is 5.89. The average Bonchev–Trinajstić information content (AvgIpc) is 3.53. The molecule has 210 valence electrons. The highest BCUT2D eigenvalue weighted by molar-refractivity contribution is 6.31. The lowest BCUT2D eigenvalue weighted by Crippen LogP contribution is -2.51. The summed E-state index contributed by atoms with van der Waals surface area (Å²) in [5.41, 5.74) is 0.910. The Morgan fingerprint density at radius 3 is 2.67 bits per heavy atom. The predicted octanol–water partition coefficient (Wildman–Crippen LogP) is 3.65. The zero-order valence-electron chi connectivity index (χ0n) is 21.8. The lowest BCUT2D eigenvalue weighted by Gasteiger charge is -2.36. The first-order valence-corrected chi connectivity index (χ1v) is 13.0. The van der Waals surface area contributed by atoms with Gasteiger partial charge in [-0.1, -0.05) is 11.6 Å². The zero-order valence-corrected chi connectivity index (χ0v) is 22.6. The number of nitrogens with one attached hydrogen (secondary N) is 1. The highest BCUT2D eigenvalue weighted by atomic mass is 35.5. The van der Waals surface area contributed by atoms with Crippen molar-refractivity contribution in [1.29, 1.82) is 0 Å². The van der Waals surface area contributed by atoms with E-state index in [4.69, 9.17) is 16.3 Å². The quantitative estimate of drug-likeness (QED) is 0.343. The number of rotatable bonds is 8. The molecular formula is C26H27ClF2N8O3. The average molecular weight is 573 g/mol. The third-order valence-corrected chi connectivity index (χ3v) is 6.88. The van der Waals surface area contributed by atoms with Gasteiger partial charge in [0, 0.05) is 61.4 Å². The Morgan fingerprint density at radius 2 is 1.95 bits per heavy atom. The van der Waals surface area contributed by atoms with Gasteiger partial charge in [0.15, 0.2) is 5.65 Å². The van der Waals surface area contributed by atoms with E-state index < -0.39 is 12.5 Å². The molecule has 0 aliphatic carbocycles. The molecule has 4 heterocycles. The smallest absolute Gasteiger partial charge is 0.387 e. The number of hydrogen-bond acceptors (Lipinski definition) is 7. The van der Waals surface area contributed by atoms with Crippen LogP contribution in [0.2, 0.25) is 5.02 Å². The molecule has 1 aromatic carbocycles. The zero-order chi connectivity index (χ0) is 28.4.